The zero-order chi connectivity index (χ0) is 24.5. The Morgan fingerprint density at radius 1 is 1.09 bits per heavy atom. The maximum Gasteiger partial charge on any atom is 0.269 e. The lowest BCUT2D eigenvalue weighted by Gasteiger charge is -2.28. The number of aryl methyl sites for hydroxylation is 1. The Hall–Kier alpha value is -4.49. The maximum absolute atomic E-state index is 14.0. The van der Waals surface area contributed by atoms with Crippen molar-refractivity contribution in [1.29, 1.82) is 5.26 Å². The molecule has 170 valence electrons. The molecule has 1 aromatic heterocycles. The molecule has 2 heterocycles. The van der Waals surface area contributed by atoms with Crippen LogP contribution < -0.4 is 5.73 Å². The van der Waals surface area contributed by atoms with Crippen molar-refractivity contribution in [2.75, 3.05) is 0 Å². The summed E-state index contributed by atoms with van der Waals surface area (Å²) in [5.74, 6) is -1.54. The van der Waals surface area contributed by atoms with E-state index in [4.69, 9.17) is 10.5 Å². The van der Waals surface area contributed by atoms with Crippen molar-refractivity contribution in [3.05, 3.63) is 116 Å². The number of sulfone groups is 1. The van der Waals surface area contributed by atoms with Crippen molar-refractivity contribution in [2.24, 2.45) is 5.73 Å². The highest BCUT2D eigenvalue weighted by Crippen LogP contribution is 2.46. The van der Waals surface area contributed by atoms with Gasteiger partial charge in [-0.1, -0.05) is 35.9 Å². The molecule has 0 radical (unpaired) electrons. The highest BCUT2D eigenvalue weighted by molar-refractivity contribution is 7.95. The van der Waals surface area contributed by atoms with Gasteiger partial charge < -0.3 is 10.5 Å². The summed E-state index contributed by atoms with van der Waals surface area (Å²) in [4.78, 5) is 14.6. The average Bonchev–Trinajstić information content (AvgIpc) is 2.84. The number of hydrogen-bond donors (Lipinski definition) is 1. The second-order valence-electron chi connectivity index (χ2n) is 7.50. The molecule has 1 unspecified atom stereocenters. The van der Waals surface area contributed by atoms with Gasteiger partial charge in [-0.2, -0.15) is 5.26 Å². The van der Waals surface area contributed by atoms with Gasteiger partial charge in [0.05, 0.1) is 15.7 Å². The van der Waals surface area contributed by atoms with Crippen LogP contribution in [0.3, 0.4) is 0 Å². The lowest BCUT2D eigenvalue weighted by molar-refractivity contribution is -0.384. The summed E-state index contributed by atoms with van der Waals surface area (Å²) >= 11 is 0. The van der Waals surface area contributed by atoms with Gasteiger partial charge in [0, 0.05) is 18.3 Å². The molecule has 4 rings (SSSR count). The van der Waals surface area contributed by atoms with E-state index in [1.165, 1.54) is 42.6 Å². The summed E-state index contributed by atoms with van der Waals surface area (Å²) in [7, 11) is -4.23. The number of pyridine rings is 1. The van der Waals surface area contributed by atoms with Crippen molar-refractivity contribution in [3.63, 3.8) is 0 Å². The van der Waals surface area contributed by atoms with Crippen LogP contribution in [-0.4, -0.2) is 18.3 Å². The fourth-order valence-electron chi connectivity index (χ4n) is 3.64. The number of ether oxygens (including phenoxy) is 1. The Morgan fingerprint density at radius 3 is 2.32 bits per heavy atom. The molecule has 0 bridgehead atoms. The van der Waals surface area contributed by atoms with E-state index in [9.17, 15) is 23.8 Å². The Balaban J connectivity index is 2.04. The van der Waals surface area contributed by atoms with E-state index in [1.54, 1.807) is 30.3 Å². The standard InChI is InChI=1S/C24H18N4O5S/c1-15-5-11-18(12-6-15)34(31,32)23-21(16-7-9-17(10-8-16)28(29)30)19(14-25)24(26)33-22(23)20-4-2-3-13-27-20/h2-13,21H,26H2,1H3. The third kappa shape index (κ3) is 4.00. The molecule has 10 heteroatoms. The SMILES string of the molecule is Cc1ccc(S(=O)(=O)C2=C(c3ccccn3)OC(N)=C(C#N)C2c2ccc([N+](=O)[O-])cc2)cc1. The van der Waals surface area contributed by atoms with Crippen LogP contribution in [0.4, 0.5) is 5.69 Å². The van der Waals surface area contributed by atoms with Crippen LogP contribution in [0.1, 0.15) is 22.7 Å². The molecule has 3 aromatic rings. The summed E-state index contributed by atoms with van der Waals surface area (Å²) in [6.07, 6.45) is 1.47. The first-order valence-corrected chi connectivity index (χ1v) is 11.5. The van der Waals surface area contributed by atoms with E-state index < -0.39 is 20.7 Å². The number of non-ortho nitro benzene ring substituents is 1. The molecule has 0 fully saturated rings. The second-order valence-corrected chi connectivity index (χ2v) is 9.42. The van der Waals surface area contributed by atoms with Gasteiger partial charge in [0.2, 0.25) is 15.7 Å². The van der Waals surface area contributed by atoms with Gasteiger partial charge in [-0.05, 0) is 36.8 Å². The quantitative estimate of drug-likeness (QED) is 0.431. The predicted molar refractivity (Wildman–Crippen MR) is 123 cm³/mol. The van der Waals surface area contributed by atoms with E-state index in [2.05, 4.69) is 4.98 Å². The van der Waals surface area contributed by atoms with Crippen LogP contribution in [0.2, 0.25) is 0 Å². The van der Waals surface area contributed by atoms with Crippen molar-refractivity contribution in [1.82, 2.24) is 4.98 Å². The van der Waals surface area contributed by atoms with Gasteiger partial charge in [0.15, 0.2) is 5.76 Å². The van der Waals surface area contributed by atoms with Crippen molar-refractivity contribution >= 4 is 21.3 Å². The van der Waals surface area contributed by atoms with Gasteiger partial charge in [-0.25, -0.2) is 8.42 Å². The topological polar surface area (TPSA) is 149 Å². The lowest BCUT2D eigenvalue weighted by Crippen LogP contribution is -2.25. The second kappa shape index (κ2) is 8.80. The normalized spacial score (nSPS) is 16.1. The van der Waals surface area contributed by atoms with Crippen LogP contribution in [0.25, 0.3) is 5.76 Å². The Morgan fingerprint density at radius 2 is 1.76 bits per heavy atom. The third-order valence-electron chi connectivity index (χ3n) is 5.33. The fourth-order valence-corrected chi connectivity index (χ4v) is 5.35. The largest absolute Gasteiger partial charge is 0.437 e. The highest BCUT2D eigenvalue weighted by atomic mass is 32.2. The van der Waals surface area contributed by atoms with E-state index in [0.29, 0.717) is 5.56 Å². The minimum atomic E-state index is -4.23. The molecule has 0 amide bonds. The lowest BCUT2D eigenvalue weighted by atomic mass is 9.89. The number of nitro benzene ring substituents is 1. The van der Waals surface area contributed by atoms with Gasteiger partial charge in [0.1, 0.15) is 22.2 Å². The first kappa shape index (κ1) is 22.7. The number of nitro groups is 1. The molecule has 34 heavy (non-hydrogen) atoms. The molecule has 1 atom stereocenters. The summed E-state index contributed by atoms with van der Waals surface area (Å²) in [6.45, 7) is 1.83. The summed E-state index contributed by atoms with van der Waals surface area (Å²) in [6, 6.07) is 18.4. The number of hydrogen-bond acceptors (Lipinski definition) is 8. The molecule has 0 aliphatic carbocycles. The van der Waals surface area contributed by atoms with Gasteiger partial charge >= 0.3 is 0 Å². The van der Waals surface area contributed by atoms with Gasteiger partial charge in [0.25, 0.3) is 5.69 Å². The van der Waals surface area contributed by atoms with E-state index >= 15 is 0 Å². The minimum Gasteiger partial charge on any atom is -0.437 e. The molecule has 9 nitrogen and oxygen atoms in total. The molecule has 1 aliphatic rings. The number of nitriles is 1. The maximum atomic E-state index is 14.0. The molecular weight excluding hydrogens is 456 g/mol. The molecule has 2 aromatic carbocycles. The monoisotopic (exact) mass is 474 g/mol. The number of allylic oxidation sites excluding steroid dienone is 2. The first-order valence-electron chi connectivity index (χ1n) is 10.0. The molecule has 0 spiro atoms. The fraction of sp³-hybridized carbons (Fsp3) is 0.0833. The Labute approximate surface area is 195 Å². The Kier molecular flexibility index (Phi) is 5.88. The molecule has 2 N–H and O–H groups in total. The van der Waals surface area contributed by atoms with Crippen molar-refractivity contribution < 1.29 is 18.1 Å². The van der Waals surface area contributed by atoms with Crippen LogP contribution in [0, 0.1) is 28.4 Å². The molecule has 0 saturated heterocycles. The summed E-state index contributed by atoms with van der Waals surface area (Å²) < 4.78 is 33.6. The number of benzene rings is 2. The van der Waals surface area contributed by atoms with Crippen molar-refractivity contribution in [2.45, 2.75) is 17.7 Å². The average molecular weight is 474 g/mol. The summed E-state index contributed by atoms with van der Waals surface area (Å²) in [5, 5.41) is 21.0. The number of nitrogens with zero attached hydrogens (tertiary/aromatic N) is 3. The van der Waals surface area contributed by atoms with Crippen molar-refractivity contribution in [3.8, 4) is 6.07 Å². The third-order valence-corrected chi connectivity index (χ3v) is 7.22. The minimum absolute atomic E-state index is 0.00481. The van der Waals surface area contributed by atoms with Gasteiger partial charge in [-0.15, -0.1) is 0 Å². The molecule has 0 saturated carbocycles. The summed E-state index contributed by atoms with van der Waals surface area (Å²) in [5.41, 5.74) is 7.16. The van der Waals surface area contributed by atoms with Crippen LogP contribution in [-0.2, 0) is 14.6 Å². The smallest absolute Gasteiger partial charge is 0.269 e. The zero-order valence-electron chi connectivity index (χ0n) is 17.9. The van der Waals surface area contributed by atoms with E-state index in [1.807, 2.05) is 13.0 Å². The molecule has 1 aliphatic heterocycles. The number of aromatic nitrogens is 1. The predicted octanol–water partition coefficient (Wildman–Crippen LogP) is 3.95. The van der Waals surface area contributed by atoms with Crippen LogP contribution in [0.15, 0.2) is 94.2 Å². The first-order chi connectivity index (χ1) is 16.2. The van der Waals surface area contributed by atoms with E-state index in [-0.39, 0.29) is 38.4 Å². The van der Waals surface area contributed by atoms with Crippen LogP contribution in [0.5, 0.6) is 0 Å². The number of rotatable bonds is 5. The molecular formula is C24H18N4O5S. The van der Waals surface area contributed by atoms with Crippen LogP contribution >= 0.6 is 0 Å². The van der Waals surface area contributed by atoms with Gasteiger partial charge in [-0.3, -0.25) is 15.1 Å². The zero-order valence-corrected chi connectivity index (χ0v) is 18.7. The highest BCUT2D eigenvalue weighted by Gasteiger charge is 2.41. The Bertz CT molecular complexity index is 1470. The number of nitrogens with two attached hydrogens (primary N) is 1. The van der Waals surface area contributed by atoms with E-state index in [0.717, 1.165) is 5.56 Å².